The largest absolute Gasteiger partial charge is 0.480 e. The second-order valence-corrected chi connectivity index (χ2v) is 5.36. The molecule has 0 amide bonds. The van der Waals surface area contributed by atoms with E-state index in [1.54, 1.807) is 0 Å². The van der Waals surface area contributed by atoms with Crippen LogP contribution in [0.5, 0.6) is 0 Å². The molecule has 1 N–H and O–H groups in total. The van der Waals surface area contributed by atoms with Gasteiger partial charge in [0.05, 0.1) is 5.52 Å². The van der Waals surface area contributed by atoms with Crippen molar-refractivity contribution in [2.24, 2.45) is 0 Å². The van der Waals surface area contributed by atoms with Gasteiger partial charge < -0.3 is 5.11 Å². The quantitative estimate of drug-likeness (QED) is 0.931. The summed E-state index contributed by atoms with van der Waals surface area (Å²) in [6.45, 7) is 1.51. The van der Waals surface area contributed by atoms with Gasteiger partial charge >= 0.3 is 5.97 Å². The molecule has 1 saturated heterocycles. The van der Waals surface area contributed by atoms with Gasteiger partial charge in [0, 0.05) is 18.1 Å². The van der Waals surface area contributed by atoms with Crippen LogP contribution in [-0.4, -0.2) is 33.5 Å². The predicted molar refractivity (Wildman–Crippen MR) is 77.4 cm³/mol. The maximum absolute atomic E-state index is 11.3. The number of aromatic nitrogens is 1. The lowest BCUT2D eigenvalue weighted by molar-refractivity contribution is -0.144. The van der Waals surface area contributed by atoms with E-state index in [2.05, 4.69) is 16.0 Å². The monoisotopic (exact) mass is 270 g/mol. The zero-order valence-corrected chi connectivity index (χ0v) is 11.3. The van der Waals surface area contributed by atoms with Gasteiger partial charge in [-0.2, -0.15) is 0 Å². The van der Waals surface area contributed by atoms with E-state index in [1.807, 2.05) is 30.5 Å². The predicted octanol–water partition coefficient (Wildman–Crippen LogP) is 2.67. The number of rotatable bonds is 3. The van der Waals surface area contributed by atoms with E-state index in [4.69, 9.17) is 0 Å². The fourth-order valence-corrected chi connectivity index (χ4v) is 2.90. The highest BCUT2D eigenvalue weighted by Crippen LogP contribution is 2.21. The van der Waals surface area contributed by atoms with Gasteiger partial charge in [0.1, 0.15) is 6.04 Å². The first kappa shape index (κ1) is 13.1. The molecule has 0 saturated carbocycles. The second-order valence-electron chi connectivity index (χ2n) is 5.36. The molecule has 0 radical (unpaired) electrons. The summed E-state index contributed by atoms with van der Waals surface area (Å²) >= 11 is 0. The van der Waals surface area contributed by atoms with Gasteiger partial charge in [-0.1, -0.05) is 24.6 Å². The van der Waals surface area contributed by atoms with E-state index in [0.717, 1.165) is 42.3 Å². The van der Waals surface area contributed by atoms with Crippen molar-refractivity contribution in [2.45, 2.75) is 31.8 Å². The van der Waals surface area contributed by atoms with Gasteiger partial charge in [-0.05, 0) is 37.1 Å². The lowest BCUT2D eigenvalue weighted by Crippen LogP contribution is -2.44. The Labute approximate surface area is 118 Å². The third-order valence-corrected chi connectivity index (χ3v) is 3.93. The Balaban J connectivity index is 1.82. The Morgan fingerprint density at radius 1 is 1.35 bits per heavy atom. The first-order valence-corrected chi connectivity index (χ1v) is 7.04. The van der Waals surface area contributed by atoms with Gasteiger partial charge in [0.15, 0.2) is 0 Å². The number of piperidine rings is 1. The van der Waals surface area contributed by atoms with Gasteiger partial charge in [-0.3, -0.25) is 14.7 Å². The minimum Gasteiger partial charge on any atom is -0.480 e. The first-order chi connectivity index (χ1) is 9.74. The van der Waals surface area contributed by atoms with Gasteiger partial charge in [-0.25, -0.2) is 0 Å². The summed E-state index contributed by atoms with van der Waals surface area (Å²) in [7, 11) is 0. The number of hydrogen-bond donors (Lipinski definition) is 1. The van der Waals surface area contributed by atoms with E-state index in [9.17, 15) is 9.90 Å². The molecule has 1 aliphatic rings. The van der Waals surface area contributed by atoms with Gasteiger partial charge in [0.25, 0.3) is 0 Å². The van der Waals surface area contributed by atoms with E-state index >= 15 is 0 Å². The van der Waals surface area contributed by atoms with Gasteiger partial charge in [-0.15, -0.1) is 0 Å². The number of aliphatic carboxylic acids is 1. The molecular weight excluding hydrogens is 252 g/mol. The highest BCUT2D eigenvalue weighted by Gasteiger charge is 2.28. The summed E-state index contributed by atoms with van der Waals surface area (Å²) < 4.78 is 0. The molecule has 4 nitrogen and oxygen atoms in total. The van der Waals surface area contributed by atoms with E-state index in [1.165, 1.54) is 0 Å². The van der Waals surface area contributed by atoms with Crippen molar-refractivity contribution >= 4 is 16.9 Å². The Hall–Kier alpha value is -1.94. The number of hydrogen-bond acceptors (Lipinski definition) is 3. The molecule has 1 fully saturated rings. The number of carboxylic acids is 1. The molecule has 0 spiro atoms. The number of likely N-dealkylation sites (tertiary alicyclic amines) is 1. The summed E-state index contributed by atoms with van der Waals surface area (Å²) in [5.41, 5.74) is 2.06. The number of benzene rings is 1. The fraction of sp³-hybridized carbons (Fsp3) is 0.375. The van der Waals surface area contributed by atoms with Crippen molar-refractivity contribution in [1.82, 2.24) is 9.88 Å². The average Bonchev–Trinajstić information content (AvgIpc) is 2.47. The van der Waals surface area contributed by atoms with Crippen molar-refractivity contribution in [1.29, 1.82) is 0 Å². The average molecular weight is 270 g/mol. The van der Waals surface area contributed by atoms with Crippen LogP contribution in [0, 0.1) is 0 Å². The molecule has 3 rings (SSSR count). The molecule has 104 valence electrons. The molecule has 20 heavy (non-hydrogen) atoms. The third-order valence-electron chi connectivity index (χ3n) is 3.93. The Bertz CT molecular complexity index is 627. The zero-order valence-electron chi connectivity index (χ0n) is 11.3. The summed E-state index contributed by atoms with van der Waals surface area (Å²) in [6, 6.07) is 9.75. The molecule has 4 heteroatoms. The van der Waals surface area contributed by atoms with E-state index in [0.29, 0.717) is 6.54 Å². The molecule has 1 aromatic carbocycles. The summed E-state index contributed by atoms with van der Waals surface area (Å²) in [6.07, 6.45) is 4.68. The van der Waals surface area contributed by atoms with Crippen molar-refractivity contribution in [3.05, 3.63) is 42.1 Å². The van der Waals surface area contributed by atoms with Crippen LogP contribution >= 0.6 is 0 Å². The van der Waals surface area contributed by atoms with Crippen LogP contribution in [0.25, 0.3) is 10.9 Å². The molecule has 1 atom stereocenters. The van der Waals surface area contributed by atoms with Crippen molar-refractivity contribution in [3.8, 4) is 0 Å². The molecule has 2 aromatic rings. The molecular formula is C16H18N2O2. The number of pyridine rings is 1. The maximum atomic E-state index is 11.3. The van der Waals surface area contributed by atoms with E-state index in [-0.39, 0.29) is 6.04 Å². The normalized spacial score (nSPS) is 20.1. The molecule has 0 bridgehead atoms. The highest BCUT2D eigenvalue weighted by molar-refractivity contribution is 5.78. The van der Waals surface area contributed by atoms with Gasteiger partial charge in [0.2, 0.25) is 0 Å². The molecule has 1 aromatic heterocycles. The third kappa shape index (κ3) is 2.65. The molecule has 1 unspecified atom stereocenters. The van der Waals surface area contributed by atoms with Crippen LogP contribution in [0.3, 0.4) is 0 Å². The van der Waals surface area contributed by atoms with Crippen molar-refractivity contribution in [3.63, 3.8) is 0 Å². The molecule has 1 aliphatic heterocycles. The Morgan fingerprint density at radius 2 is 2.20 bits per heavy atom. The van der Waals surface area contributed by atoms with Crippen LogP contribution in [0.4, 0.5) is 0 Å². The lowest BCUT2D eigenvalue weighted by atomic mass is 10.0. The Morgan fingerprint density at radius 3 is 3.05 bits per heavy atom. The van der Waals surface area contributed by atoms with Crippen molar-refractivity contribution in [2.75, 3.05) is 6.54 Å². The van der Waals surface area contributed by atoms with Crippen LogP contribution < -0.4 is 0 Å². The fourth-order valence-electron chi connectivity index (χ4n) is 2.90. The Kier molecular flexibility index (Phi) is 3.65. The smallest absolute Gasteiger partial charge is 0.320 e. The number of carboxylic acid groups (broad SMARTS) is 1. The van der Waals surface area contributed by atoms with Crippen LogP contribution in [-0.2, 0) is 11.3 Å². The SMILES string of the molecule is O=C(O)C1CCCCN1Cc1cnc2ccccc2c1. The molecule has 0 aliphatic carbocycles. The molecule has 2 heterocycles. The minimum absolute atomic E-state index is 0.352. The zero-order chi connectivity index (χ0) is 13.9. The topological polar surface area (TPSA) is 53.4 Å². The number of para-hydroxylation sites is 1. The minimum atomic E-state index is -0.710. The van der Waals surface area contributed by atoms with Crippen molar-refractivity contribution < 1.29 is 9.90 Å². The van der Waals surface area contributed by atoms with Crippen LogP contribution in [0.15, 0.2) is 36.5 Å². The number of fused-ring (bicyclic) bond motifs is 1. The summed E-state index contributed by atoms with van der Waals surface area (Å²) in [5, 5.41) is 10.4. The summed E-state index contributed by atoms with van der Waals surface area (Å²) in [5.74, 6) is -0.710. The highest BCUT2D eigenvalue weighted by atomic mass is 16.4. The van der Waals surface area contributed by atoms with E-state index < -0.39 is 5.97 Å². The standard InChI is InChI=1S/C16H18N2O2/c19-16(20)15-7-3-4-8-18(15)11-12-9-13-5-1-2-6-14(13)17-10-12/h1-2,5-6,9-10,15H,3-4,7-8,11H2,(H,19,20). The number of nitrogens with zero attached hydrogens (tertiary/aromatic N) is 2. The first-order valence-electron chi connectivity index (χ1n) is 7.04. The second kappa shape index (κ2) is 5.59. The van der Waals surface area contributed by atoms with Crippen LogP contribution in [0.2, 0.25) is 0 Å². The maximum Gasteiger partial charge on any atom is 0.320 e. The lowest BCUT2D eigenvalue weighted by Gasteiger charge is -2.32. The summed E-state index contributed by atoms with van der Waals surface area (Å²) in [4.78, 5) is 17.8. The van der Waals surface area contributed by atoms with Crippen LogP contribution in [0.1, 0.15) is 24.8 Å². The number of carbonyl (C=O) groups is 1.